The summed E-state index contributed by atoms with van der Waals surface area (Å²) in [4.78, 5) is 16.9. The van der Waals surface area contributed by atoms with Crippen LogP contribution in [0.1, 0.15) is 21.6 Å². The molecule has 1 aromatic heterocycles. The number of nitriles is 1. The number of nitrogens with one attached hydrogen (secondary N) is 1. The molecular weight excluding hydrogens is 570 g/mol. The second-order valence-electron chi connectivity index (χ2n) is 9.52. The van der Waals surface area contributed by atoms with Crippen molar-refractivity contribution in [1.82, 2.24) is 14.9 Å². The number of carbonyl (C=O) groups is 1. The number of allylic oxidation sites excluding steroid dienone is 1. The summed E-state index contributed by atoms with van der Waals surface area (Å²) in [6, 6.07) is 10.5. The lowest BCUT2D eigenvalue weighted by Crippen LogP contribution is -2.27. The quantitative estimate of drug-likeness (QED) is 0.140. The van der Waals surface area contributed by atoms with Gasteiger partial charge in [0.25, 0.3) is 5.91 Å². The molecule has 3 rings (SSSR count). The van der Waals surface area contributed by atoms with E-state index in [4.69, 9.17) is 49.5 Å². The van der Waals surface area contributed by atoms with Gasteiger partial charge in [0.15, 0.2) is 16.7 Å². The minimum Gasteiger partial charge on any atom is -0.453 e. The zero-order chi connectivity index (χ0) is 27.9. The molecule has 38 heavy (non-hydrogen) atoms. The lowest BCUT2D eigenvalue weighted by Gasteiger charge is -2.16. The molecule has 12 heteroatoms. The summed E-state index contributed by atoms with van der Waals surface area (Å²) < 4.78 is 28.3. The van der Waals surface area contributed by atoms with Gasteiger partial charge in [0, 0.05) is 37.9 Å². The van der Waals surface area contributed by atoms with Gasteiger partial charge in [-0.3, -0.25) is 4.79 Å². The number of halogens is 4. The topological polar surface area (TPSA) is 89.2 Å². The average molecular weight is 596 g/mol. The van der Waals surface area contributed by atoms with Crippen molar-refractivity contribution in [2.24, 2.45) is 0 Å². The van der Waals surface area contributed by atoms with E-state index in [9.17, 15) is 4.79 Å². The SMILES string of the molecule is C[Si](C)(C)CCOCn1cnc(Cl)c1C(=O)NCc1ccc(Cl)c(Oc2cc(Cl)cc(C=CC#N)c2)c1F. The fraction of sp³-hybridized carbons (Fsp3) is 0.269. The predicted molar refractivity (Wildman–Crippen MR) is 150 cm³/mol. The van der Waals surface area contributed by atoms with Crippen LogP contribution in [-0.4, -0.2) is 30.1 Å². The summed E-state index contributed by atoms with van der Waals surface area (Å²) in [6.45, 7) is 7.25. The third kappa shape index (κ3) is 8.31. The van der Waals surface area contributed by atoms with Crippen molar-refractivity contribution >= 4 is 54.9 Å². The summed E-state index contributed by atoms with van der Waals surface area (Å²) in [6.07, 6.45) is 4.24. The standard InChI is InChI=1S/C26H26Cl3FN4O3Si/c1-38(2,3)10-9-36-16-34-15-33-25(29)23(34)26(35)32-14-18-6-7-21(28)24(22(18)30)37-20-12-17(5-4-8-31)11-19(27)13-20/h4-7,11-13,15H,9-10,14,16H2,1-3H3,(H,32,35). The van der Waals surface area contributed by atoms with Crippen molar-refractivity contribution in [3.05, 3.63) is 80.6 Å². The van der Waals surface area contributed by atoms with Crippen LogP contribution in [0.2, 0.25) is 40.9 Å². The fourth-order valence-corrected chi connectivity index (χ4v) is 4.69. The van der Waals surface area contributed by atoms with Gasteiger partial charge in [0.1, 0.15) is 18.2 Å². The van der Waals surface area contributed by atoms with Crippen LogP contribution >= 0.6 is 34.8 Å². The third-order valence-corrected chi connectivity index (χ3v) is 7.76. The van der Waals surface area contributed by atoms with Crippen LogP contribution in [0.15, 0.2) is 42.7 Å². The van der Waals surface area contributed by atoms with Crippen LogP contribution in [0.25, 0.3) is 6.08 Å². The molecule has 0 saturated carbocycles. The number of ether oxygens (including phenoxy) is 2. The maximum absolute atomic E-state index is 15.4. The van der Waals surface area contributed by atoms with E-state index in [1.807, 2.05) is 6.07 Å². The third-order valence-electron chi connectivity index (χ3n) is 5.27. The summed E-state index contributed by atoms with van der Waals surface area (Å²) in [5.41, 5.74) is 0.840. The molecule has 3 aromatic rings. The molecular formula is C26H26Cl3FN4O3Si. The second-order valence-corrected chi connectivity index (χ2v) is 16.3. The smallest absolute Gasteiger partial charge is 0.271 e. The Morgan fingerprint density at radius 1 is 1.24 bits per heavy atom. The highest BCUT2D eigenvalue weighted by molar-refractivity contribution is 6.76. The molecule has 0 aliphatic heterocycles. The number of nitrogens with zero attached hydrogens (tertiary/aromatic N) is 3. The Labute approximate surface area is 236 Å². The Bertz CT molecular complexity index is 1380. The number of imidazole rings is 1. The first-order valence-electron chi connectivity index (χ1n) is 11.6. The number of rotatable bonds is 11. The first-order chi connectivity index (χ1) is 18.0. The van der Waals surface area contributed by atoms with Crippen molar-refractivity contribution in [2.45, 2.75) is 39.0 Å². The van der Waals surface area contributed by atoms with E-state index < -0.39 is 19.8 Å². The minimum absolute atomic E-state index is 0.0131. The van der Waals surface area contributed by atoms with Crippen molar-refractivity contribution in [3.8, 4) is 17.6 Å². The van der Waals surface area contributed by atoms with E-state index in [0.717, 1.165) is 6.04 Å². The van der Waals surface area contributed by atoms with Crippen LogP contribution in [0.3, 0.4) is 0 Å². The highest BCUT2D eigenvalue weighted by Gasteiger charge is 2.20. The summed E-state index contributed by atoms with van der Waals surface area (Å²) in [5.74, 6) is -1.29. The van der Waals surface area contributed by atoms with Gasteiger partial charge in [-0.15, -0.1) is 0 Å². The lowest BCUT2D eigenvalue weighted by atomic mass is 10.1. The Kier molecular flexibility index (Phi) is 10.4. The van der Waals surface area contributed by atoms with Gasteiger partial charge >= 0.3 is 0 Å². The van der Waals surface area contributed by atoms with E-state index in [1.165, 1.54) is 41.2 Å². The minimum atomic E-state index is -1.26. The first-order valence-corrected chi connectivity index (χ1v) is 16.4. The number of carbonyl (C=O) groups excluding carboxylic acids is 1. The maximum atomic E-state index is 15.4. The Morgan fingerprint density at radius 3 is 2.71 bits per heavy atom. The van der Waals surface area contributed by atoms with E-state index in [-0.39, 0.29) is 46.2 Å². The first kappa shape index (κ1) is 29.7. The van der Waals surface area contributed by atoms with Gasteiger partial charge in [-0.1, -0.05) is 60.5 Å². The molecule has 1 N–H and O–H groups in total. The molecule has 200 valence electrons. The molecule has 0 fully saturated rings. The monoisotopic (exact) mass is 594 g/mol. The molecule has 1 amide bonds. The molecule has 0 radical (unpaired) electrons. The molecule has 0 saturated heterocycles. The molecule has 0 atom stereocenters. The molecule has 7 nitrogen and oxygen atoms in total. The average Bonchev–Trinajstić information content (AvgIpc) is 3.21. The predicted octanol–water partition coefficient (Wildman–Crippen LogP) is 7.55. The largest absolute Gasteiger partial charge is 0.453 e. The zero-order valence-corrected chi connectivity index (χ0v) is 24.3. The van der Waals surface area contributed by atoms with Crippen LogP contribution in [-0.2, 0) is 18.0 Å². The van der Waals surface area contributed by atoms with E-state index >= 15 is 4.39 Å². The molecule has 0 spiro atoms. The van der Waals surface area contributed by atoms with Crippen molar-refractivity contribution in [3.63, 3.8) is 0 Å². The highest BCUT2D eigenvalue weighted by atomic mass is 35.5. The number of hydrogen-bond donors (Lipinski definition) is 1. The molecule has 0 unspecified atom stereocenters. The molecule has 2 aromatic carbocycles. The zero-order valence-electron chi connectivity index (χ0n) is 21.0. The summed E-state index contributed by atoms with van der Waals surface area (Å²) in [7, 11) is -1.26. The van der Waals surface area contributed by atoms with Gasteiger partial charge in [-0.2, -0.15) is 5.26 Å². The fourth-order valence-electron chi connectivity index (χ4n) is 3.27. The molecule has 0 aliphatic carbocycles. The second kappa shape index (κ2) is 13.3. The Balaban J connectivity index is 1.72. The lowest BCUT2D eigenvalue weighted by molar-refractivity contribution is 0.0789. The number of benzene rings is 2. The van der Waals surface area contributed by atoms with Crippen LogP contribution in [0.5, 0.6) is 11.5 Å². The normalized spacial score (nSPS) is 11.5. The summed E-state index contributed by atoms with van der Waals surface area (Å²) >= 11 is 18.5. The number of hydrogen-bond acceptors (Lipinski definition) is 5. The van der Waals surface area contributed by atoms with Gasteiger partial charge in [-0.05, 0) is 41.9 Å². The molecule has 0 aliphatic rings. The van der Waals surface area contributed by atoms with E-state index in [2.05, 4.69) is 29.9 Å². The van der Waals surface area contributed by atoms with Crippen molar-refractivity contribution < 1.29 is 18.7 Å². The molecule has 0 bridgehead atoms. The van der Waals surface area contributed by atoms with E-state index in [1.54, 1.807) is 12.1 Å². The van der Waals surface area contributed by atoms with Crippen LogP contribution < -0.4 is 10.1 Å². The van der Waals surface area contributed by atoms with Crippen LogP contribution in [0.4, 0.5) is 4.39 Å². The molecule has 1 heterocycles. The van der Waals surface area contributed by atoms with Gasteiger partial charge in [0.05, 0.1) is 17.4 Å². The summed E-state index contributed by atoms with van der Waals surface area (Å²) in [5, 5.41) is 11.8. The number of aromatic nitrogens is 2. The highest BCUT2D eigenvalue weighted by Crippen LogP contribution is 2.35. The van der Waals surface area contributed by atoms with Gasteiger partial charge < -0.3 is 19.4 Å². The van der Waals surface area contributed by atoms with Crippen molar-refractivity contribution in [1.29, 1.82) is 5.26 Å². The Hall–Kier alpha value is -2.87. The Morgan fingerprint density at radius 2 is 2.00 bits per heavy atom. The maximum Gasteiger partial charge on any atom is 0.271 e. The van der Waals surface area contributed by atoms with Gasteiger partial charge in [-0.25, -0.2) is 9.37 Å². The van der Waals surface area contributed by atoms with E-state index in [0.29, 0.717) is 17.2 Å². The van der Waals surface area contributed by atoms with Gasteiger partial charge in [0.2, 0.25) is 0 Å². The number of amides is 1. The van der Waals surface area contributed by atoms with Crippen LogP contribution in [0, 0.1) is 17.1 Å². The van der Waals surface area contributed by atoms with Crippen molar-refractivity contribution in [2.75, 3.05) is 6.61 Å².